The number of halogens is 1. The van der Waals surface area contributed by atoms with Crippen LogP contribution in [0.2, 0.25) is 0 Å². The zero-order valence-corrected chi connectivity index (χ0v) is 7.02. The number of alkyl halides is 1. The van der Waals surface area contributed by atoms with Gasteiger partial charge in [0.2, 0.25) is 0 Å². The van der Waals surface area contributed by atoms with Crippen LogP contribution in [0.1, 0.15) is 26.2 Å². The average Bonchev–Trinajstić information content (AvgIpc) is 1.63. The Labute approximate surface area is 63.4 Å². The molecule has 0 aliphatic carbocycles. The molecular weight excluding hydrogens is 184 g/mol. The quantitative estimate of drug-likeness (QED) is 0.696. The van der Waals surface area contributed by atoms with E-state index in [2.05, 4.69) is 15.9 Å². The van der Waals surface area contributed by atoms with E-state index in [1.54, 1.807) is 0 Å². The van der Waals surface area contributed by atoms with Gasteiger partial charge >= 0.3 is 5.97 Å². The maximum Gasteiger partial charge on any atom is 0.303 e. The Hall–Kier alpha value is -0.0500. The standard InChI is InChI=1S/C6H11BrO2/c1-5(7)3-2-4-6(8)9/h5H,2-4H2,1H3,(H,8,9)/t5-/m0/s1. The molecule has 0 aromatic heterocycles. The van der Waals surface area contributed by atoms with Gasteiger partial charge in [-0.25, -0.2) is 0 Å². The number of carbonyl (C=O) groups is 1. The van der Waals surface area contributed by atoms with Gasteiger partial charge in [-0.15, -0.1) is 0 Å². The van der Waals surface area contributed by atoms with Crippen LogP contribution in [0.3, 0.4) is 0 Å². The summed E-state index contributed by atoms with van der Waals surface area (Å²) in [6.07, 6.45) is 1.99. The summed E-state index contributed by atoms with van der Waals surface area (Å²) < 4.78 is 0. The summed E-state index contributed by atoms with van der Waals surface area (Å²) >= 11 is 3.33. The van der Waals surface area contributed by atoms with Crippen molar-refractivity contribution in [3.63, 3.8) is 0 Å². The molecule has 0 radical (unpaired) electrons. The SMILES string of the molecule is C[C@H](Br)CCCC(=O)O. The Morgan fingerprint density at radius 3 is 2.67 bits per heavy atom. The van der Waals surface area contributed by atoms with E-state index in [-0.39, 0.29) is 6.42 Å². The highest BCUT2D eigenvalue weighted by Crippen LogP contribution is 2.07. The van der Waals surface area contributed by atoms with Crippen LogP contribution in [-0.2, 0) is 4.79 Å². The lowest BCUT2D eigenvalue weighted by atomic mass is 10.2. The second kappa shape index (κ2) is 4.79. The molecule has 0 aliphatic rings. The first kappa shape index (κ1) is 8.95. The second-order valence-corrected chi connectivity index (χ2v) is 3.63. The number of aliphatic carboxylic acids is 1. The van der Waals surface area contributed by atoms with Gasteiger partial charge in [0.1, 0.15) is 0 Å². The summed E-state index contributed by atoms with van der Waals surface area (Å²) in [4.78, 5) is 10.4. The van der Waals surface area contributed by atoms with Crippen LogP contribution in [0.25, 0.3) is 0 Å². The van der Waals surface area contributed by atoms with E-state index in [0.29, 0.717) is 4.83 Å². The molecule has 0 bridgehead atoms. The first-order valence-corrected chi connectivity index (χ1v) is 3.90. The molecule has 1 atom stereocenters. The Kier molecular flexibility index (Phi) is 4.77. The monoisotopic (exact) mass is 194 g/mol. The first-order valence-electron chi connectivity index (χ1n) is 2.99. The fourth-order valence-corrected chi connectivity index (χ4v) is 0.858. The summed E-state index contributed by atoms with van der Waals surface area (Å²) in [7, 11) is 0. The van der Waals surface area contributed by atoms with Crippen LogP contribution < -0.4 is 0 Å². The van der Waals surface area contributed by atoms with E-state index in [1.807, 2.05) is 6.92 Å². The molecule has 0 saturated heterocycles. The van der Waals surface area contributed by atoms with Crippen molar-refractivity contribution in [2.45, 2.75) is 31.0 Å². The van der Waals surface area contributed by atoms with Gasteiger partial charge in [-0.2, -0.15) is 0 Å². The summed E-state index contributed by atoms with van der Waals surface area (Å²) in [5.41, 5.74) is 0. The number of hydrogen-bond acceptors (Lipinski definition) is 1. The smallest absolute Gasteiger partial charge is 0.303 e. The third kappa shape index (κ3) is 7.95. The van der Waals surface area contributed by atoms with Gasteiger partial charge in [-0.05, 0) is 12.8 Å². The Bertz CT molecular complexity index is 91.1. The molecule has 9 heavy (non-hydrogen) atoms. The zero-order chi connectivity index (χ0) is 7.28. The largest absolute Gasteiger partial charge is 0.481 e. The molecule has 0 aromatic carbocycles. The maximum absolute atomic E-state index is 9.97. The van der Waals surface area contributed by atoms with Gasteiger partial charge in [-0.3, -0.25) is 4.79 Å². The number of carboxylic acid groups (broad SMARTS) is 1. The van der Waals surface area contributed by atoms with Crippen molar-refractivity contribution in [2.24, 2.45) is 0 Å². The highest BCUT2D eigenvalue weighted by atomic mass is 79.9. The molecule has 0 aromatic rings. The van der Waals surface area contributed by atoms with E-state index >= 15 is 0 Å². The molecule has 0 heterocycles. The molecule has 0 spiro atoms. The van der Waals surface area contributed by atoms with Gasteiger partial charge in [0, 0.05) is 11.2 Å². The minimum Gasteiger partial charge on any atom is -0.481 e. The van der Waals surface area contributed by atoms with Crippen molar-refractivity contribution in [1.29, 1.82) is 0 Å². The zero-order valence-electron chi connectivity index (χ0n) is 5.43. The predicted molar refractivity (Wildman–Crippen MR) is 39.9 cm³/mol. The van der Waals surface area contributed by atoms with Crippen molar-refractivity contribution >= 4 is 21.9 Å². The molecule has 2 nitrogen and oxygen atoms in total. The molecule has 1 N–H and O–H groups in total. The highest BCUT2D eigenvalue weighted by Gasteiger charge is 1.98. The molecule has 0 saturated carbocycles. The van der Waals surface area contributed by atoms with Crippen molar-refractivity contribution < 1.29 is 9.90 Å². The Morgan fingerprint density at radius 2 is 2.33 bits per heavy atom. The summed E-state index contributed by atoms with van der Waals surface area (Å²) in [5.74, 6) is -0.705. The minimum absolute atomic E-state index is 0.288. The summed E-state index contributed by atoms with van der Waals surface area (Å²) in [6, 6.07) is 0. The topological polar surface area (TPSA) is 37.3 Å². The van der Waals surface area contributed by atoms with E-state index in [4.69, 9.17) is 5.11 Å². The molecule has 3 heteroatoms. The first-order chi connectivity index (χ1) is 4.13. The molecule has 0 aliphatic heterocycles. The molecule has 0 rings (SSSR count). The lowest BCUT2D eigenvalue weighted by molar-refractivity contribution is -0.137. The number of carboxylic acids is 1. The molecule has 0 amide bonds. The molecule has 0 fully saturated rings. The van der Waals surface area contributed by atoms with Crippen LogP contribution in [0, 0.1) is 0 Å². The maximum atomic E-state index is 9.97. The second-order valence-electron chi connectivity index (χ2n) is 2.07. The van der Waals surface area contributed by atoms with Crippen LogP contribution in [-0.4, -0.2) is 15.9 Å². The lowest BCUT2D eigenvalue weighted by Crippen LogP contribution is -1.96. The van der Waals surface area contributed by atoms with Crippen LogP contribution in [0.15, 0.2) is 0 Å². The molecule has 0 unspecified atom stereocenters. The van der Waals surface area contributed by atoms with Crippen molar-refractivity contribution in [1.82, 2.24) is 0 Å². The highest BCUT2D eigenvalue weighted by molar-refractivity contribution is 9.09. The Balaban J connectivity index is 3.01. The lowest BCUT2D eigenvalue weighted by Gasteiger charge is -1.98. The molecular formula is C6H11BrO2. The van der Waals surface area contributed by atoms with Gasteiger partial charge in [0.05, 0.1) is 0 Å². The van der Waals surface area contributed by atoms with E-state index < -0.39 is 5.97 Å². The molecule has 54 valence electrons. The van der Waals surface area contributed by atoms with Crippen LogP contribution in [0.5, 0.6) is 0 Å². The predicted octanol–water partition coefficient (Wildman–Crippen LogP) is 2.02. The number of hydrogen-bond donors (Lipinski definition) is 1. The third-order valence-electron chi connectivity index (χ3n) is 0.993. The van der Waals surface area contributed by atoms with E-state index in [9.17, 15) is 4.79 Å². The number of rotatable bonds is 4. The van der Waals surface area contributed by atoms with Crippen molar-refractivity contribution in [2.75, 3.05) is 0 Å². The van der Waals surface area contributed by atoms with Crippen molar-refractivity contribution in [3.8, 4) is 0 Å². The minimum atomic E-state index is -0.705. The van der Waals surface area contributed by atoms with Crippen LogP contribution >= 0.6 is 15.9 Å². The van der Waals surface area contributed by atoms with Crippen molar-refractivity contribution in [3.05, 3.63) is 0 Å². The summed E-state index contributed by atoms with van der Waals surface area (Å²) in [6.45, 7) is 2.02. The van der Waals surface area contributed by atoms with E-state index in [0.717, 1.165) is 12.8 Å². The normalized spacial score (nSPS) is 13.1. The average molecular weight is 195 g/mol. The van der Waals surface area contributed by atoms with Gasteiger partial charge in [-0.1, -0.05) is 22.9 Å². The Morgan fingerprint density at radius 1 is 1.78 bits per heavy atom. The van der Waals surface area contributed by atoms with Gasteiger partial charge in [0.15, 0.2) is 0 Å². The van der Waals surface area contributed by atoms with Crippen LogP contribution in [0.4, 0.5) is 0 Å². The van der Waals surface area contributed by atoms with Gasteiger partial charge in [0.25, 0.3) is 0 Å². The fraction of sp³-hybridized carbons (Fsp3) is 0.833. The third-order valence-corrected chi connectivity index (χ3v) is 1.45. The summed E-state index contributed by atoms with van der Waals surface area (Å²) in [5, 5.41) is 8.21. The van der Waals surface area contributed by atoms with Gasteiger partial charge < -0.3 is 5.11 Å². The van der Waals surface area contributed by atoms with E-state index in [1.165, 1.54) is 0 Å². The fourth-order valence-electron chi connectivity index (χ4n) is 0.535.